The van der Waals surface area contributed by atoms with Crippen molar-refractivity contribution in [3.05, 3.63) is 70.8 Å². The van der Waals surface area contributed by atoms with E-state index in [0.29, 0.717) is 0 Å². The van der Waals surface area contributed by atoms with Gasteiger partial charge in [-0.3, -0.25) is 4.99 Å². The molecule has 338 valence electrons. The van der Waals surface area contributed by atoms with Crippen LogP contribution >= 0.6 is 0 Å². The van der Waals surface area contributed by atoms with Crippen LogP contribution in [0.2, 0.25) is 0 Å². The number of benzene rings is 2. The number of hydrogen-bond donors (Lipinski definition) is 0. The molecule has 0 spiro atoms. The summed E-state index contributed by atoms with van der Waals surface area (Å²) >= 11 is 0. The van der Waals surface area contributed by atoms with Crippen molar-refractivity contribution in [2.45, 2.75) is 260 Å². The van der Waals surface area contributed by atoms with Crippen molar-refractivity contribution < 1.29 is 16.5 Å². The molecule has 0 fully saturated rings. The Morgan fingerprint density at radius 3 is 1.19 bits per heavy atom. The third kappa shape index (κ3) is 26.9. The Morgan fingerprint density at radius 1 is 0.390 bits per heavy atom. The fraction of sp³-hybridized carbons (Fsp3) is 0.714. The van der Waals surface area contributed by atoms with Gasteiger partial charge in [-0.1, -0.05) is 201 Å². The first-order valence-corrected chi connectivity index (χ1v) is 25.7. The Labute approximate surface area is 378 Å². The molecule has 2 aromatic carbocycles. The van der Waals surface area contributed by atoms with Gasteiger partial charge in [-0.25, -0.2) is 4.99 Å². The third-order valence-corrected chi connectivity index (χ3v) is 12.2. The predicted octanol–water partition coefficient (Wildman–Crippen LogP) is 19.1. The van der Waals surface area contributed by atoms with E-state index in [9.17, 15) is 0 Å². The van der Waals surface area contributed by atoms with Crippen LogP contribution in [0.15, 0.2) is 58.5 Å². The Morgan fingerprint density at radius 2 is 0.746 bits per heavy atom. The second-order valence-electron chi connectivity index (χ2n) is 17.7. The number of allylic oxidation sites excluding steroid dienone is 2. The van der Waals surface area contributed by atoms with Crippen LogP contribution in [0.5, 0.6) is 0 Å². The van der Waals surface area contributed by atoms with E-state index in [4.69, 9.17) is 9.98 Å². The maximum absolute atomic E-state index is 5.59. The molecule has 0 atom stereocenters. The van der Waals surface area contributed by atoms with Crippen molar-refractivity contribution in [3.8, 4) is 0 Å². The Kier molecular flexibility index (Phi) is 36.3. The van der Waals surface area contributed by atoms with Gasteiger partial charge in [0.05, 0.1) is 22.8 Å². The van der Waals surface area contributed by atoms with E-state index < -0.39 is 0 Å². The molecule has 0 N–H and O–H groups in total. The summed E-state index contributed by atoms with van der Waals surface area (Å²) in [4.78, 5) is 11.1. The zero-order chi connectivity index (χ0) is 41.7. The first-order valence-electron chi connectivity index (χ1n) is 25.7. The van der Waals surface area contributed by atoms with Gasteiger partial charge in [0.25, 0.3) is 0 Å². The number of aryl methyl sites for hydroxylation is 4. The zero-order valence-electron chi connectivity index (χ0n) is 39.9. The summed E-state index contributed by atoms with van der Waals surface area (Å²) in [5.41, 5.74) is 10.6. The largest absolute Gasteiger partial charge is 0.251 e. The number of aliphatic imine (C=N–C) groups is 2. The maximum atomic E-state index is 5.59. The van der Waals surface area contributed by atoms with E-state index >= 15 is 0 Å². The van der Waals surface area contributed by atoms with Crippen molar-refractivity contribution in [2.75, 3.05) is 0 Å². The van der Waals surface area contributed by atoms with Gasteiger partial charge < -0.3 is 0 Å². The zero-order valence-corrected chi connectivity index (χ0v) is 40.9. The van der Waals surface area contributed by atoms with Gasteiger partial charge in [-0.15, -0.1) is 0 Å². The molecule has 0 saturated carbocycles. The molecule has 0 unspecified atom stereocenters. The number of rotatable bonds is 38. The molecule has 3 heteroatoms. The quantitative estimate of drug-likeness (QED) is 0.0365. The van der Waals surface area contributed by atoms with Crippen LogP contribution < -0.4 is 0 Å². The summed E-state index contributed by atoms with van der Waals surface area (Å²) < 4.78 is 0. The van der Waals surface area contributed by atoms with Crippen LogP contribution in [0.4, 0.5) is 11.4 Å². The third-order valence-electron chi connectivity index (χ3n) is 12.2. The number of nitrogens with zero attached hydrogens (tertiary/aromatic N) is 2. The van der Waals surface area contributed by atoms with Gasteiger partial charge in [0.1, 0.15) is 0 Å². The number of unbranched alkanes of at least 4 members (excludes halogenated alkanes) is 23. The van der Waals surface area contributed by atoms with E-state index in [1.54, 1.807) is 5.56 Å². The second-order valence-corrected chi connectivity index (χ2v) is 17.7. The molecule has 0 heterocycles. The SMILES string of the molecule is CCCCCCCCC/C=C/C(=Nc1ccc(CCCCC)c(CCCCC)c1)C(CCCCCCCCCCC)=Nc1ccc(CCCCC)c(CCCCC)c1.[Ni]. The van der Waals surface area contributed by atoms with Gasteiger partial charge in [0.2, 0.25) is 0 Å². The molecule has 2 aromatic rings. The molecule has 2 rings (SSSR count). The molecule has 2 nitrogen and oxygen atoms in total. The average Bonchev–Trinajstić information content (AvgIpc) is 3.23. The van der Waals surface area contributed by atoms with E-state index in [2.05, 4.69) is 90.1 Å². The molecule has 0 aliphatic heterocycles. The fourth-order valence-electron chi connectivity index (χ4n) is 8.33. The minimum atomic E-state index is 0. The van der Waals surface area contributed by atoms with Crippen LogP contribution in [0.1, 0.15) is 256 Å². The monoisotopic (exact) mass is 853 g/mol. The van der Waals surface area contributed by atoms with E-state index in [0.717, 1.165) is 42.8 Å². The van der Waals surface area contributed by atoms with Crippen LogP contribution in [-0.2, 0) is 42.2 Å². The Hall–Kier alpha value is -1.99. The van der Waals surface area contributed by atoms with Gasteiger partial charge in [-0.05, 0) is 130 Å². The molecule has 0 amide bonds. The molecule has 0 bridgehead atoms. The van der Waals surface area contributed by atoms with Gasteiger partial charge in [0, 0.05) is 16.5 Å². The van der Waals surface area contributed by atoms with Gasteiger partial charge in [0.15, 0.2) is 0 Å². The van der Waals surface area contributed by atoms with Crippen molar-refractivity contribution in [1.82, 2.24) is 0 Å². The normalized spacial score (nSPS) is 12.2. The summed E-state index contributed by atoms with van der Waals surface area (Å²) in [6.45, 7) is 13.9. The van der Waals surface area contributed by atoms with Gasteiger partial charge >= 0.3 is 0 Å². The molecule has 0 aliphatic rings. The maximum Gasteiger partial charge on any atom is 0.0848 e. The summed E-state index contributed by atoms with van der Waals surface area (Å²) in [5.74, 6) is 0. The van der Waals surface area contributed by atoms with Crippen LogP contribution in [0.3, 0.4) is 0 Å². The van der Waals surface area contributed by atoms with Crippen molar-refractivity contribution in [3.63, 3.8) is 0 Å². The van der Waals surface area contributed by atoms with Crippen LogP contribution in [0.25, 0.3) is 0 Å². The molecule has 0 radical (unpaired) electrons. The first kappa shape index (κ1) is 55.0. The molecule has 0 aromatic heterocycles. The minimum Gasteiger partial charge on any atom is -0.251 e. The second kappa shape index (κ2) is 38.9. The Bertz CT molecular complexity index is 1370. The number of hydrogen-bond acceptors (Lipinski definition) is 2. The van der Waals surface area contributed by atoms with E-state index in [-0.39, 0.29) is 16.5 Å². The summed E-state index contributed by atoms with van der Waals surface area (Å²) in [6.07, 6.45) is 48.4. The standard InChI is InChI=1S/C56H94N2.Ni/c1-7-13-19-21-23-25-27-29-35-41-55(57-53-45-43-49(37-31-15-9-3)51(47-53)39-33-17-11-5)56(42-36-30-28-26-24-22-20-14-8-2)58-54-46-44-50(38-32-16-10-4)52(48-54)40-34-18-12-6;/h35,41,43-48H,7-34,36-40,42H2,1-6H3;/b41-35+,57-55?,58-56?;. The first-order chi connectivity index (χ1) is 28.6. The van der Waals surface area contributed by atoms with Crippen molar-refractivity contribution >= 4 is 22.8 Å². The van der Waals surface area contributed by atoms with Crippen LogP contribution in [-0.4, -0.2) is 11.4 Å². The molecule has 0 saturated heterocycles. The Balaban J connectivity index is 0.0000174. The molecular formula is C56H94N2Ni. The van der Waals surface area contributed by atoms with E-state index in [1.807, 2.05) is 0 Å². The van der Waals surface area contributed by atoms with Crippen LogP contribution in [0, 0.1) is 0 Å². The molecular weight excluding hydrogens is 759 g/mol. The average molecular weight is 854 g/mol. The fourth-order valence-corrected chi connectivity index (χ4v) is 8.33. The van der Waals surface area contributed by atoms with E-state index in [1.165, 1.54) is 215 Å². The van der Waals surface area contributed by atoms with Crippen molar-refractivity contribution in [1.29, 1.82) is 0 Å². The predicted molar refractivity (Wildman–Crippen MR) is 264 cm³/mol. The topological polar surface area (TPSA) is 24.7 Å². The summed E-state index contributed by atoms with van der Waals surface area (Å²) in [5, 5.41) is 0. The molecule has 0 aliphatic carbocycles. The van der Waals surface area contributed by atoms with Crippen molar-refractivity contribution in [2.24, 2.45) is 9.98 Å². The smallest absolute Gasteiger partial charge is 0.0848 e. The summed E-state index contributed by atoms with van der Waals surface area (Å²) in [6, 6.07) is 14.3. The minimum absolute atomic E-state index is 0. The van der Waals surface area contributed by atoms with Gasteiger partial charge in [-0.2, -0.15) is 0 Å². The summed E-state index contributed by atoms with van der Waals surface area (Å²) in [7, 11) is 0. The molecule has 59 heavy (non-hydrogen) atoms.